The minimum absolute atomic E-state index is 0.247. The molecule has 1 aromatic heterocycles. The van der Waals surface area contributed by atoms with Crippen molar-refractivity contribution in [2.24, 2.45) is 0 Å². The van der Waals surface area contributed by atoms with Crippen LogP contribution in [0.3, 0.4) is 0 Å². The fourth-order valence-electron chi connectivity index (χ4n) is 4.23. The number of ether oxygens (including phenoxy) is 2. The van der Waals surface area contributed by atoms with E-state index in [9.17, 15) is 9.18 Å². The second-order valence-corrected chi connectivity index (χ2v) is 7.96. The maximum absolute atomic E-state index is 13.2. The summed E-state index contributed by atoms with van der Waals surface area (Å²) < 4.78 is 30.1. The molecule has 0 unspecified atom stereocenters. The summed E-state index contributed by atoms with van der Waals surface area (Å²) in [7, 11) is 1.62. The highest BCUT2D eigenvalue weighted by molar-refractivity contribution is 5.96. The summed E-state index contributed by atoms with van der Waals surface area (Å²) in [5, 5.41) is 0.859. The molecule has 0 radical (unpaired) electrons. The first-order chi connectivity index (χ1) is 15.5. The molecule has 4 aromatic rings. The van der Waals surface area contributed by atoms with Gasteiger partial charge in [0.1, 0.15) is 29.6 Å². The van der Waals surface area contributed by atoms with E-state index in [1.54, 1.807) is 19.2 Å². The number of benzene rings is 3. The summed E-state index contributed by atoms with van der Waals surface area (Å²) in [6, 6.07) is 17.7. The second kappa shape index (κ2) is 8.13. The van der Waals surface area contributed by atoms with Crippen LogP contribution in [0, 0.1) is 12.7 Å². The molecule has 162 valence electrons. The molecular formula is C26H22FNO4. The smallest absolute Gasteiger partial charge is 0.336 e. The van der Waals surface area contributed by atoms with Gasteiger partial charge in [0.2, 0.25) is 0 Å². The Kier molecular flexibility index (Phi) is 5.15. The van der Waals surface area contributed by atoms with Crippen molar-refractivity contribution in [1.29, 1.82) is 0 Å². The lowest BCUT2D eigenvalue weighted by Gasteiger charge is -2.30. The molecule has 5 nitrogen and oxygen atoms in total. The van der Waals surface area contributed by atoms with Gasteiger partial charge in [-0.1, -0.05) is 24.3 Å². The summed E-state index contributed by atoms with van der Waals surface area (Å²) >= 11 is 0. The molecule has 0 bridgehead atoms. The highest BCUT2D eigenvalue weighted by Crippen LogP contribution is 2.38. The summed E-state index contributed by atoms with van der Waals surface area (Å²) in [5.41, 5.74) is 4.69. The summed E-state index contributed by atoms with van der Waals surface area (Å²) in [6.07, 6.45) is 0. The molecule has 6 heteroatoms. The second-order valence-electron chi connectivity index (χ2n) is 7.96. The minimum Gasteiger partial charge on any atom is -0.497 e. The van der Waals surface area contributed by atoms with E-state index in [2.05, 4.69) is 4.90 Å². The van der Waals surface area contributed by atoms with Crippen molar-refractivity contribution in [1.82, 2.24) is 4.90 Å². The molecule has 2 heterocycles. The number of rotatable bonds is 4. The van der Waals surface area contributed by atoms with Gasteiger partial charge in [0, 0.05) is 35.7 Å². The van der Waals surface area contributed by atoms with Crippen LogP contribution in [-0.4, -0.2) is 18.7 Å². The highest BCUT2D eigenvalue weighted by Gasteiger charge is 2.23. The van der Waals surface area contributed by atoms with Crippen LogP contribution in [0.4, 0.5) is 4.39 Å². The van der Waals surface area contributed by atoms with Crippen molar-refractivity contribution in [3.63, 3.8) is 0 Å². The van der Waals surface area contributed by atoms with Gasteiger partial charge in [-0.2, -0.15) is 0 Å². The van der Waals surface area contributed by atoms with Crippen LogP contribution >= 0.6 is 0 Å². The first kappa shape index (κ1) is 20.3. The van der Waals surface area contributed by atoms with E-state index in [0.717, 1.165) is 44.7 Å². The van der Waals surface area contributed by atoms with Crippen LogP contribution in [-0.2, 0) is 13.1 Å². The monoisotopic (exact) mass is 431 g/mol. The first-order valence-corrected chi connectivity index (χ1v) is 10.4. The Morgan fingerprint density at radius 2 is 1.81 bits per heavy atom. The van der Waals surface area contributed by atoms with Crippen molar-refractivity contribution < 1.29 is 18.3 Å². The number of fused-ring (bicyclic) bond motifs is 2. The topological polar surface area (TPSA) is 51.9 Å². The average molecular weight is 431 g/mol. The maximum atomic E-state index is 13.2. The van der Waals surface area contributed by atoms with Crippen LogP contribution < -0.4 is 15.1 Å². The van der Waals surface area contributed by atoms with E-state index in [1.165, 1.54) is 18.2 Å². The largest absolute Gasteiger partial charge is 0.497 e. The molecule has 32 heavy (non-hydrogen) atoms. The molecule has 1 aliphatic heterocycles. The maximum Gasteiger partial charge on any atom is 0.336 e. The predicted molar refractivity (Wildman–Crippen MR) is 120 cm³/mol. The van der Waals surface area contributed by atoms with E-state index in [1.807, 2.05) is 37.3 Å². The molecule has 0 fully saturated rings. The lowest BCUT2D eigenvalue weighted by Crippen LogP contribution is -2.31. The molecule has 0 atom stereocenters. The van der Waals surface area contributed by atoms with Crippen molar-refractivity contribution in [3.05, 3.63) is 93.6 Å². The number of hydrogen-bond donors (Lipinski definition) is 0. The zero-order valence-electron chi connectivity index (χ0n) is 17.9. The van der Waals surface area contributed by atoms with Gasteiger partial charge >= 0.3 is 5.63 Å². The Bertz CT molecular complexity index is 1340. The number of aryl methyl sites for hydroxylation is 1. The van der Waals surface area contributed by atoms with Crippen molar-refractivity contribution in [2.75, 3.05) is 13.8 Å². The molecular weight excluding hydrogens is 409 g/mol. The van der Waals surface area contributed by atoms with E-state index in [4.69, 9.17) is 13.9 Å². The minimum atomic E-state index is -0.403. The number of methoxy groups -OCH3 is 1. The van der Waals surface area contributed by atoms with Gasteiger partial charge in [-0.25, -0.2) is 9.18 Å². The van der Waals surface area contributed by atoms with Gasteiger partial charge in [-0.05, 0) is 53.9 Å². The molecule has 0 aliphatic carbocycles. The third kappa shape index (κ3) is 3.74. The zero-order chi connectivity index (χ0) is 22.2. The van der Waals surface area contributed by atoms with Crippen molar-refractivity contribution in [3.8, 4) is 22.6 Å². The lowest BCUT2D eigenvalue weighted by molar-refractivity contribution is 0.0881. The average Bonchev–Trinajstić information content (AvgIpc) is 2.81. The summed E-state index contributed by atoms with van der Waals surface area (Å²) in [5.74, 6) is 1.26. The van der Waals surface area contributed by atoms with E-state index >= 15 is 0 Å². The molecule has 0 spiro atoms. The highest BCUT2D eigenvalue weighted by atomic mass is 19.1. The summed E-state index contributed by atoms with van der Waals surface area (Å²) in [4.78, 5) is 14.5. The Hall–Kier alpha value is -3.64. The lowest BCUT2D eigenvalue weighted by atomic mass is 9.96. The fourth-order valence-corrected chi connectivity index (χ4v) is 4.23. The molecule has 0 saturated carbocycles. The van der Waals surface area contributed by atoms with Gasteiger partial charge in [0.05, 0.1) is 7.11 Å². The number of halogens is 1. The molecule has 5 rings (SSSR count). The van der Waals surface area contributed by atoms with E-state index in [0.29, 0.717) is 25.4 Å². The summed E-state index contributed by atoms with van der Waals surface area (Å²) in [6.45, 7) is 3.63. The fraction of sp³-hybridized carbons (Fsp3) is 0.192. The Morgan fingerprint density at radius 3 is 2.53 bits per heavy atom. The van der Waals surface area contributed by atoms with E-state index < -0.39 is 5.63 Å². The van der Waals surface area contributed by atoms with Gasteiger partial charge in [0.25, 0.3) is 0 Å². The van der Waals surface area contributed by atoms with Crippen LogP contribution in [0.2, 0.25) is 0 Å². The molecule has 0 saturated heterocycles. The predicted octanol–water partition coefficient (Wildman–Crippen LogP) is 5.27. The van der Waals surface area contributed by atoms with Crippen LogP contribution in [0.25, 0.3) is 22.1 Å². The molecule has 1 aliphatic rings. The van der Waals surface area contributed by atoms with Crippen molar-refractivity contribution >= 4 is 11.0 Å². The third-order valence-corrected chi connectivity index (χ3v) is 5.80. The normalized spacial score (nSPS) is 13.6. The number of nitrogens with zero attached hydrogens (tertiary/aromatic N) is 1. The van der Waals surface area contributed by atoms with Crippen LogP contribution in [0.1, 0.15) is 16.7 Å². The SMILES string of the molecule is COc1ccc(-c2cc(=O)oc3c(C)c4c(cc23)CN(Cc2ccc(F)cc2)CO4)cc1. The number of hydrogen-bond acceptors (Lipinski definition) is 5. The Morgan fingerprint density at radius 1 is 1.06 bits per heavy atom. The Balaban J connectivity index is 1.56. The van der Waals surface area contributed by atoms with Crippen LogP contribution in [0.5, 0.6) is 11.5 Å². The first-order valence-electron chi connectivity index (χ1n) is 10.4. The van der Waals surface area contributed by atoms with Gasteiger partial charge in [-0.3, -0.25) is 4.90 Å². The van der Waals surface area contributed by atoms with Crippen LogP contribution in [0.15, 0.2) is 69.9 Å². The molecule has 0 amide bonds. The molecule has 3 aromatic carbocycles. The van der Waals surface area contributed by atoms with Gasteiger partial charge in [0.15, 0.2) is 0 Å². The quantitative estimate of drug-likeness (QED) is 0.412. The van der Waals surface area contributed by atoms with Gasteiger partial charge < -0.3 is 13.9 Å². The standard InChI is InChI=1S/C26H22FNO4/c1-16-25-19(14-28(15-31-25)13-17-3-7-20(27)8-4-17)11-23-22(12-24(29)32-26(16)23)18-5-9-21(30-2)10-6-18/h3-12H,13-15H2,1-2H3. The van der Waals surface area contributed by atoms with Gasteiger partial charge in [-0.15, -0.1) is 0 Å². The van der Waals surface area contributed by atoms with E-state index in [-0.39, 0.29) is 5.82 Å². The van der Waals surface area contributed by atoms with Crippen molar-refractivity contribution in [2.45, 2.75) is 20.0 Å². The third-order valence-electron chi connectivity index (χ3n) is 5.80. The zero-order valence-corrected chi connectivity index (χ0v) is 17.9. The molecule has 0 N–H and O–H groups in total. The Labute approximate surface area is 184 Å².